The van der Waals surface area contributed by atoms with Crippen LogP contribution in [0.3, 0.4) is 0 Å². The van der Waals surface area contributed by atoms with Crippen LogP contribution in [0.25, 0.3) is 0 Å². The first kappa shape index (κ1) is 10.5. The molecule has 94 valence electrons. The van der Waals surface area contributed by atoms with Crippen LogP contribution in [0.5, 0.6) is 0 Å². The van der Waals surface area contributed by atoms with Gasteiger partial charge in [0.15, 0.2) is 0 Å². The zero-order valence-electron chi connectivity index (χ0n) is 9.90. The Balaban J connectivity index is 1.75. The monoisotopic (exact) mass is 245 g/mol. The van der Waals surface area contributed by atoms with Crippen LogP contribution in [0.2, 0.25) is 0 Å². The number of hydrogen-bond acceptors (Lipinski definition) is 3. The van der Waals surface area contributed by atoms with Gasteiger partial charge in [-0.05, 0) is 23.7 Å². The van der Waals surface area contributed by atoms with Crippen LogP contribution in [-0.2, 0) is 9.59 Å². The van der Waals surface area contributed by atoms with Crippen LogP contribution < -0.4 is 0 Å². The zero-order valence-corrected chi connectivity index (χ0v) is 9.90. The maximum atomic E-state index is 12.3. The fourth-order valence-electron chi connectivity index (χ4n) is 4.27. The number of carbonyl (C=O) groups is 2. The average molecular weight is 245 g/mol. The Morgan fingerprint density at radius 2 is 1.33 bits per heavy atom. The molecule has 4 heteroatoms. The summed E-state index contributed by atoms with van der Waals surface area (Å²) in [6.45, 7) is -0.00232. The smallest absolute Gasteiger partial charge is 0.233 e. The van der Waals surface area contributed by atoms with Gasteiger partial charge in [-0.2, -0.15) is 0 Å². The van der Waals surface area contributed by atoms with E-state index < -0.39 is 0 Å². The maximum absolute atomic E-state index is 12.3. The van der Waals surface area contributed by atoms with E-state index in [1.54, 1.807) is 0 Å². The van der Waals surface area contributed by atoms with Gasteiger partial charge in [0.25, 0.3) is 0 Å². The maximum Gasteiger partial charge on any atom is 0.233 e. The Labute approximate surface area is 105 Å². The predicted molar refractivity (Wildman–Crippen MR) is 63.0 cm³/mol. The highest BCUT2D eigenvalue weighted by molar-refractivity contribution is 6.06. The lowest BCUT2D eigenvalue weighted by atomic mass is 9.50. The number of likely N-dealkylation sites (tertiary alicyclic amines) is 1. The molecule has 1 saturated carbocycles. The van der Waals surface area contributed by atoms with Crippen molar-refractivity contribution in [3.05, 3.63) is 24.3 Å². The number of β-amino-alcohol motifs (C(OH)–C–C–N with tert-alkyl or cyclic N) is 1. The van der Waals surface area contributed by atoms with Crippen molar-refractivity contribution < 1.29 is 14.7 Å². The number of hydrogen-bond donors (Lipinski definition) is 1. The molecule has 18 heavy (non-hydrogen) atoms. The molecule has 6 unspecified atom stereocenters. The van der Waals surface area contributed by atoms with E-state index >= 15 is 0 Å². The number of nitrogens with zero attached hydrogens (tertiary/aromatic N) is 1. The first-order chi connectivity index (χ1) is 8.74. The minimum atomic E-state index is -0.176. The number of rotatable bonds is 2. The summed E-state index contributed by atoms with van der Waals surface area (Å²) in [5, 5.41) is 8.99. The van der Waals surface area contributed by atoms with Crippen LogP contribution in [-0.4, -0.2) is 35.0 Å². The van der Waals surface area contributed by atoms with E-state index in [1.165, 1.54) is 4.90 Å². The van der Waals surface area contributed by atoms with Crippen molar-refractivity contribution in [2.24, 2.45) is 35.5 Å². The molecule has 1 N–H and O–H groups in total. The number of aliphatic hydroxyl groups excluding tert-OH is 1. The minimum absolute atomic E-state index is 0.0721. The highest BCUT2D eigenvalue weighted by atomic mass is 16.3. The van der Waals surface area contributed by atoms with Gasteiger partial charge in [0.05, 0.1) is 25.0 Å². The third kappa shape index (κ3) is 1.01. The van der Waals surface area contributed by atoms with Crippen LogP contribution in [0.4, 0.5) is 0 Å². The van der Waals surface area contributed by atoms with Crippen molar-refractivity contribution in [1.82, 2.24) is 4.90 Å². The molecular formula is C14H15NO3. The summed E-state index contributed by atoms with van der Waals surface area (Å²) in [5.74, 6) is 0.786. The van der Waals surface area contributed by atoms with Gasteiger partial charge in [0.1, 0.15) is 0 Å². The van der Waals surface area contributed by atoms with Gasteiger partial charge >= 0.3 is 0 Å². The Morgan fingerprint density at radius 1 is 0.889 bits per heavy atom. The molecule has 0 radical (unpaired) electrons. The molecule has 4 aliphatic carbocycles. The number of imide groups is 1. The van der Waals surface area contributed by atoms with Crippen LogP contribution in [0.15, 0.2) is 24.3 Å². The van der Waals surface area contributed by atoms with Crippen molar-refractivity contribution in [2.75, 3.05) is 13.2 Å². The van der Waals surface area contributed by atoms with E-state index in [0.717, 1.165) is 0 Å². The normalized spacial score (nSPS) is 47.3. The number of aliphatic hydroxyl groups is 1. The molecule has 1 aliphatic heterocycles. The second-order valence-corrected chi connectivity index (χ2v) is 5.68. The average Bonchev–Trinajstić information content (AvgIpc) is 2.56. The molecule has 0 spiro atoms. The van der Waals surface area contributed by atoms with Gasteiger partial charge < -0.3 is 5.11 Å². The lowest BCUT2D eigenvalue weighted by Gasteiger charge is -2.51. The van der Waals surface area contributed by atoms with E-state index in [9.17, 15) is 9.59 Å². The highest BCUT2D eigenvalue weighted by Crippen LogP contribution is 2.58. The van der Waals surface area contributed by atoms with Gasteiger partial charge in [0, 0.05) is 0 Å². The van der Waals surface area contributed by atoms with E-state index in [0.29, 0.717) is 11.8 Å². The van der Waals surface area contributed by atoms with Crippen molar-refractivity contribution in [3.63, 3.8) is 0 Å². The van der Waals surface area contributed by atoms with E-state index in [4.69, 9.17) is 5.11 Å². The molecule has 6 atom stereocenters. The summed E-state index contributed by atoms with van der Waals surface area (Å²) >= 11 is 0. The summed E-state index contributed by atoms with van der Waals surface area (Å²) in [4.78, 5) is 26.0. The first-order valence-corrected chi connectivity index (χ1v) is 6.57. The molecular weight excluding hydrogens is 230 g/mol. The van der Waals surface area contributed by atoms with Crippen LogP contribution >= 0.6 is 0 Å². The standard InChI is InChI=1S/C14H15NO3/c16-6-5-15-13(17)11-9-3-4-10(12(11)14(15)18)8-2-1-7(8)9/h1-4,7-12,16H,5-6H2. The molecule has 2 fully saturated rings. The number of allylic oxidation sites excluding steroid dienone is 4. The Morgan fingerprint density at radius 3 is 1.72 bits per heavy atom. The topological polar surface area (TPSA) is 57.6 Å². The van der Waals surface area contributed by atoms with Crippen molar-refractivity contribution in [1.29, 1.82) is 0 Å². The van der Waals surface area contributed by atoms with Gasteiger partial charge in [-0.25, -0.2) is 0 Å². The third-order valence-electron chi connectivity index (χ3n) is 5.09. The molecule has 0 aromatic heterocycles. The summed E-state index contributed by atoms with van der Waals surface area (Å²) in [5.41, 5.74) is 0. The molecule has 1 saturated heterocycles. The molecule has 4 nitrogen and oxygen atoms in total. The third-order valence-corrected chi connectivity index (χ3v) is 5.09. The minimum Gasteiger partial charge on any atom is -0.395 e. The molecule has 2 amide bonds. The summed E-state index contributed by atoms with van der Waals surface area (Å²) in [6, 6.07) is 0. The first-order valence-electron chi connectivity index (χ1n) is 6.57. The predicted octanol–water partition coefficient (Wildman–Crippen LogP) is 0.198. The van der Waals surface area contributed by atoms with Crippen molar-refractivity contribution in [3.8, 4) is 0 Å². The lowest BCUT2D eigenvalue weighted by Crippen LogP contribution is -2.50. The molecule has 1 heterocycles. The van der Waals surface area contributed by atoms with Gasteiger partial charge in [-0.3, -0.25) is 14.5 Å². The second kappa shape index (κ2) is 3.32. The Kier molecular flexibility index (Phi) is 1.94. The van der Waals surface area contributed by atoms with Crippen molar-refractivity contribution >= 4 is 11.8 Å². The molecule has 5 rings (SSSR count). The van der Waals surface area contributed by atoms with E-state index in [-0.39, 0.29) is 48.6 Å². The molecule has 0 aromatic carbocycles. The number of carbonyl (C=O) groups excluding carboxylic acids is 2. The van der Waals surface area contributed by atoms with Crippen molar-refractivity contribution in [2.45, 2.75) is 0 Å². The highest BCUT2D eigenvalue weighted by Gasteiger charge is 2.62. The van der Waals surface area contributed by atoms with E-state index in [1.807, 2.05) is 0 Å². The lowest BCUT2D eigenvalue weighted by molar-refractivity contribution is -0.140. The quantitative estimate of drug-likeness (QED) is 0.558. The van der Waals surface area contributed by atoms with Crippen LogP contribution in [0.1, 0.15) is 0 Å². The van der Waals surface area contributed by atoms with Crippen LogP contribution in [0, 0.1) is 35.5 Å². The van der Waals surface area contributed by atoms with E-state index in [2.05, 4.69) is 24.3 Å². The van der Waals surface area contributed by atoms with Gasteiger partial charge in [-0.1, -0.05) is 24.3 Å². The van der Waals surface area contributed by atoms with Gasteiger partial charge in [0.2, 0.25) is 11.8 Å². The summed E-state index contributed by atoms with van der Waals surface area (Å²) in [7, 11) is 0. The summed E-state index contributed by atoms with van der Waals surface area (Å²) in [6.07, 6.45) is 8.61. The Bertz CT molecular complexity index is 455. The molecule has 2 bridgehead atoms. The summed E-state index contributed by atoms with van der Waals surface area (Å²) < 4.78 is 0. The number of amides is 2. The Hall–Kier alpha value is -1.42. The molecule has 0 aromatic rings. The SMILES string of the molecule is O=C1C2C3C=CC(C4C=CC43)C2C(=O)N1CCO. The second-order valence-electron chi connectivity index (χ2n) is 5.68. The van der Waals surface area contributed by atoms with Gasteiger partial charge in [-0.15, -0.1) is 0 Å². The fraction of sp³-hybridized carbons (Fsp3) is 0.571. The molecule has 5 aliphatic rings. The zero-order chi connectivity index (χ0) is 12.4. The fourth-order valence-corrected chi connectivity index (χ4v) is 4.27. The largest absolute Gasteiger partial charge is 0.395 e.